The predicted molar refractivity (Wildman–Crippen MR) is 60.0 cm³/mol. The molecule has 2 rings (SSSR count). The fourth-order valence-electron chi connectivity index (χ4n) is 1.76. The van der Waals surface area contributed by atoms with Gasteiger partial charge in [0.15, 0.2) is 9.84 Å². The number of hydrogen-bond donors (Lipinski definition) is 2. The van der Waals surface area contributed by atoms with Crippen molar-refractivity contribution in [2.75, 3.05) is 18.6 Å². The number of benzene rings is 1. The van der Waals surface area contributed by atoms with E-state index in [9.17, 15) is 13.2 Å². The van der Waals surface area contributed by atoms with Gasteiger partial charge in [0.05, 0.1) is 4.90 Å². The maximum atomic E-state index is 11.5. The van der Waals surface area contributed by atoms with Gasteiger partial charge in [0.2, 0.25) is 5.91 Å². The first kappa shape index (κ1) is 11.1. The summed E-state index contributed by atoms with van der Waals surface area (Å²) >= 11 is 0. The van der Waals surface area contributed by atoms with Gasteiger partial charge in [0.1, 0.15) is 6.04 Å². The molecule has 1 aliphatic rings. The molecule has 0 bridgehead atoms. The molecule has 1 atom stereocenters. The minimum atomic E-state index is -3.24. The van der Waals surface area contributed by atoms with Crippen molar-refractivity contribution in [3.63, 3.8) is 0 Å². The van der Waals surface area contributed by atoms with Crippen LogP contribution in [0.15, 0.2) is 23.1 Å². The van der Waals surface area contributed by atoms with Gasteiger partial charge in [-0.25, -0.2) is 8.42 Å². The molecule has 0 saturated heterocycles. The zero-order valence-electron chi connectivity index (χ0n) is 8.94. The molecule has 5 nitrogen and oxygen atoms in total. The van der Waals surface area contributed by atoms with Crippen molar-refractivity contribution < 1.29 is 13.2 Å². The number of anilines is 1. The number of hydrogen-bond acceptors (Lipinski definition) is 4. The Hall–Kier alpha value is -1.40. The molecule has 0 aromatic heterocycles. The lowest BCUT2D eigenvalue weighted by molar-refractivity contribution is -0.117. The summed E-state index contributed by atoms with van der Waals surface area (Å²) in [6.45, 7) is 0. The Morgan fingerprint density at radius 2 is 2.06 bits per heavy atom. The smallest absolute Gasteiger partial charge is 0.246 e. The summed E-state index contributed by atoms with van der Waals surface area (Å²) in [5, 5.41) is 5.52. The molecule has 86 valence electrons. The molecule has 1 aliphatic heterocycles. The topological polar surface area (TPSA) is 75.3 Å². The third-order valence-corrected chi connectivity index (χ3v) is 3.68. The second kappa shape index (κ2) is 3.57. The van der Waals surface area contributed by atoms with Crippen molar-refractivity contribution >= 4 is 21.4 Å². The van der Waals surface area contributed by atoms with Crippen molar-refractivity contribution in [1.82, 2.24) is 5.32 Å². The Bertz CT molecular complexity index is 551. The summed E-state index contributed by atoms with van der Waals surface area (Å²) in [4.78, 5) is 11.7. The van der Waals surface area contributed by atoms with E-state index < -0.39 is 15.9 Å². The third kappa shape index (κ3) is 1.70. The van der Waals surface area contributed by atoms with Gasteiger partial charge < -0.3 is 10.6 Å². The molecule has 1 aromatic carbocycles. The van der Waals surface area contributed by atoms with Crippen LogP contribution in [0.1, 0.15) is 11.6 Å². The van der Waals surface area contributed by atoms with E-state index in [1.54, 1.807) is 13.1 Å². The van der Waals surface area contributed by atoms with Crippen molar-refractivity contribution in [1.29, 1.82) is 0 Å². The van der Waals surface area contributed by atoms with Gasteiger partial charge in [0.25, 0.3) is 0 Å². The highest BCUT2D eigenvalue weighted by molar-refractivity contribution is 7.90. The number of sulfone groups is 1. The van der Waals surface area contributed by atoms with E-state index in [2.05, 4.69) is 10.6 Å². The molecule has 1 aromatic rings. The molecule has 0 radical (unpaired) electrons. The lowest BCUT2D eigenvalue weighted by atomic mass is 10.1. The molecule has 1 amide bonds. The molecule has 0 aliphatic carbocycles. The van der Waals surface area contributed by atoms with Crippen LogP contribution < -0.4 is 10.6 Å². The third-order valence-electron chi connectivity index (χ3n) is 2.57. The van der Waals surface area contributed by atoms with E-state index in [-0.39, 0.29) is 10.8 Å². The van der Waals surface area contributed by atoms with Gasteiger partial charge in [-0.15, -0.1) is 0 Å². The SMILES string of the molecule is CNC1C(=O)Nc2ccc(S(C)(=O)=O)cc21. The second-order valence-electron chi connectivity index (χ2n) is 3.73. The van der Waals surface area contributed by atoms with E-state index in [1.165, 1.54) is 12.1 Å². The summed E-state index contributed by atoms with van der Waals surface area (Å²) < 4.78 is 22.8. The van der Waals surface area contributed by atoms with E-state index in [0.29, 0.717) is 11.3 Å². The number of rotatable bonds is 2. The Kier molecular flexibility index (Phi) is 2.47. The van der Waals surface area contributed by atoms with E-state index in [0.717, 1.165) is 6.26 Å². The van der Waals surface area contributed by atoms with Gasteiger partial charge in [-0.3, -0.25) is 4.79 Å². The van der Waals surface area contributed by atoms with E-state index >= 15 is 0 Å². The second-order valence-corrected chi connectivity index (χ2v) is 5.75. The quantitative estimate of drug-likeness (QED) is 0.779. The first-order valence-electron chi connectivity index (χ1n) is 4.75. The minimum Gasteiger partial charge on any atom is -0.324 e. The highest BCUT2D eigenvalue weighted by atomic mass is 32.2. The van der Waals surface area contributed by atoms with E-state index in [4.69, 9.17) is 0 Å². The normalized spacial score (nSPS) is 19.4. The summed E-state index contributed by atoms with van der Waals surface area (Å²) in [5.41, 5.74) is 1.34. The Morgan fingerprint density at radius 1 is 1.38 bits per heavy atom. The van der Waals surface area contributed by atoms with Crippen LogP contribution in [0, 0.1) is 0 Å². The monoisotopic (exact) mass is 240 g/mol. The number of carbonyl (C=O) groups excluding carboxylic acids is 1. The first-order valence-corrected chi connectivity index (χ1v) is 6.65. The maximum absolute atomic E-state index is 11.5. The molecule has 6 heteroatoms. The molecule has 1 heterocycles. The number of carbonyl (C=O) groups is 1. The van der Waals surface area contributed by atoms with Crippen molar-refractivity contribution in [3.8, 4) is 0 Å². The maximum Gasteiger partial charge on any atom is 0.246 e. The molecule has 1 unspecified atom stereocenters. The number of amides is 1. The van der Waals surface area contributed by atoms with Crippen LogP contribution in [0.4, 0.5) is 5.69 Å². The fraction of sp³-hybridized carbons (Fsp3) is 0.300. The number of fused-ring (bicyclic) bond motifs is 1. The van der Waals surface area contributed by atoms with Crippen molar-refractivity contribution in [3.05, 3.63) is 23.8 Å². The van der Waals surface area contributed by atoms with Gasteiger partial charge in [0, 0.05) is 17.5 Å². The summed E-state index contributed by atoms with van der Waals surface area (Å²) in [5.74, 6) is -0.164. The molecule has 0 fully saturated rings. The molecule has 0 saturated carbocycles. The van der Waals surface area contributed by atoms with Gasteiger partial charge >= 0.3 is 0 Å². The largest absolute Gasteiger partial charge is 0.324 e. The molecule has 2 N–H and O–H groups in total. The van der Waals surface area contributed by atoms with Crippen LogP contribution in [0.25, 0.3) is 0 Å². The highest BCUT2D eigenvalue weighted by Gasteiger charge is 2.29. The zero-order valence-corrected chi connectivity index (χ0v) is 9.76. The van der Waals surface area contributed by atoms with E-state index in [1.807, 2.05) is 0 Å². The molecule has 16 heavy (non-hydrogen) atoms. The van der Waals surface area contributed by atoms with Crippen LogP contribution in [0.2, 0.25) is 0 Å². The number of likely N-dealkylation sites (N-methyl/N-ethyl adjacent to an activating group) is 1. The fourth-order valence-corrected chi connectivity index (χ4v) is 2.41. The molecular formula is C10H12N2O3S. The lowest BCUT2D eigenvalue weighted by Crippen LogP contribution is -2.23. The van der Waals surface area contributed by atoms with Gasteiger partial charge in [-0.2, -0.15) is 0 Å². The molecule has 0 spiro atoms. The Labute approximate surface area is 93.8 Å². The zero-order chi connectivity index (χ0) is 11.9. The lowest BCUT2D eigenvalue weighted by Gasteiger charge is -2.07. The molecular weight excluding hydrogens is 228 g/mol. The Balaban J connectivity index is 2.56. The summed E-state index contributed by atoms with van der Waals surface area (Å²) in [6, 6.07) is 4.16. The average molecular weight is 240 g/mol. The summed E-state index contributed by atoms with van der Waals surface area (Å²) in [6.07, 6.45) is 1.15. The summed E-state index contributed by atoms with van der Waals surface area (Å²) in [7, 11) is -1.58. The predicted octanol–water partition coefficient (Wildman–Crippen LogP) is 0.303. The number of nitrogens with one attached hydrogen (secondary N) is 2. The van der Waals surface area contributed by atoms with Gasteiger partial charge in [-0.1, -0.05) is 0 Å². The standard InChI is InChI=1S/C10H12N2O3S/c1-11-9-7-5-6(16(2,14)15)3-4-8(7)12-10(9)13/h3-5,9,11H,1-2H3,(H,12,13). The van der Waals surface area contributed by atoms with Crippen molar-refractivity contribution in [2.24, 2.45) is 0 Å². The highest BCUT2D eigenvalue weighted by Crippen LogP contribution is 2.32. The van der Waals surface area contributed by atoms with Crippen LogP contribution in [-0.4, -0.2) is 27.6 Å². The van der Waals surface area contributed by atoms with Crippen LogP contribution >= 0.6 is 0 Å². The van der Waals surface area contributed by atoms with Gasteiger partial charge in [-0.05, 0) is 25.2 Å². The van der Waals surface area contributed by atoms with Crippen LogP contribution in [0.3, 0.4) is 0 Å². The van der Waals surface area contributed by atoms with Crippen molar-refractivity contribution in [2.45, 2.75) is 10.9 Å². The average Bonchev–Trinajstić information content (AvgIpc) is 2.50. The van der Waals surface area contributed by atoms with Crippen LogP contribution in [0.5, 0.6) is 0 Å². The Morgan fingerprint density at radius 3 is 2.62 bits per heavy atom. The van der Waals surface area contributed by atoms with Crippen LogP contribution in [-0.2, 0) is 14.6 Å². The first-order chi connectivity index (χ1) is 7.43. The minimum absolute atomic E-state index is 0.164.